The van der Waals surface area contributed by atoms with Crippen molar-refractivity contribution in [1.82, 2.24) is 34.8 Å². The summed E-state index contributed by atoms with van der Waals surface area (Å²) < 4.78 is 2.09. The summed E-state index contributed by atoms with van der Waals surface area (Å²) in [5.41, 5.74) is 0. The predicted molar refractivity (Wildman–Crippen MR) is 96.5 cm³/mol. The van der Waals surface area contributed by atoms with Gasteiger partial charge in [0.1, 0.15) is 0 Å². The molecule has 0 aliphatic carbocycles. The van der Waals surface area contributed by atoms with Gasteiger partial charge in [-0.2, -0.15) is 0 Å². The lowest BCUT2D eigenvalue weighted by atomic mass is 10.0. The minimum atomic E-state index is -0.0512. The zero-order valence-electron chi connectivity index (χ0n) is 15.9. The smallest absolute Gasteiger partial charge is 0.320 e. The van der Waals surface area contributed by atoms with Gasteiger partial charge in [-0.25, -0.2) is 9.59 Å². The van der Waals surface area contributed by atoms with Gasteiger partial charge < -0.3 is 24.6 Å². The van der Waals surface area contributed by atoms with E-state index in [1.54, 1.807) is 23.9 Å². The highest BCUT2D eigenvalue weighted by molar-refractivity contribution is 5.74. The van der Waals surface area contributed by atoms with Crippen LogP contribution in [-0.4, -0.2) is 75.3 Å². The van der Waals surface area contributed by atoms with Crippen molar-refractivity contribution in [2.24, 2.45) is 0 Å². The van der Waals surface area contributed by atoms with Gasteiger partial charge in [0.15, 0.2) is 11.6 Å². The summed E-state index contributed by atoms with van der Waals surface area (Å²) in [7, 11) is 3.56. The first kappa shape index (κ1) is 18.5. The van der Waals surface area contributed by atoms with E-state index in [4.69, 9.17) is 0 Å². The number of piperidine rings is 1. The number of carbonyl (C=O) groups is 2. The molecule has 0 spiro atoms. The number of nitrogens with one attached hydrogen (secondary N) is 1. The highest BCUT2D eigenvalue weighted by atomic mass is 16.2. The Bertz CT molecular complexity index is 658. The van der Waals surface area contributed by atoms with E-state index >= 15 is 0 Å². The van der Waals surface area contributed by atoms with Crippen molar-refractivity contribution < 1.29 is 9.59 Å². The largest absolute Gasteiger partial charge is 0.338 e. The van der Waals surface area contributed by atoms with Gasteiger partial charge in [0.05, 0.1) is 12.6 Å². The molecule has 26 heavy (non-hydrogen) atoms. The van der Waals surface area contributed by atoms with Crippen molar-refractivity contribution in [2.45, 2.75) is 51.7 Å². The van der Waals surface area contributed by atoms with Crippen LogP contribution in [0.1, 0.15) is 50.3 Å². The van der Waals surface area contributed by atoms with E-state index in [9.17, 15) is 9.59 Å². The van der Waals surface area contributed by atoms with Crippen LogP contribution in [0.5, 0.6) is 0 Å². The van der Waals surface area contributed by atoms with Gasteiger partial charge in [0.25, 0.3) is 0 Å². The fraction of sp³-hybridized carbons (Fsp3) is 0.765. The Kier molecular flexibility index (Phi) is 5.63. The third-order valence-electron chi connectivity index (χ3n) is 5.02. The van der Waals surface area contributed by atoms with Gasteiger partial charge in [-0.1, -0.05) is 6.92 Å². The maximum absolute atomic E-state index is 12.5. The Morgan fingerprint density at radius 2 is 2.00 bits per heavy atom. The maximum Gasteiger partial charge on any atom is 0.320 e. The number of urea groups is 2. The molecule has 1 N–H and O–H groups in total. The molecule has 4 amide bonds. The van der Waals surface area contributed by atoms with Crippen molar-refractivity contribution >= 4 is 12.1 Å². The molecule has 9 heteroatoms. The Labute approximate surface area is 154 Å². The molecule has 144 valence electrons. The summed E-state index contributed by atoms with van der Waals surface area (Å²) in [5.74, 6) is 1.64. The minimum Gasteiger partial charge on any atom is -0.338 e. The Balaban J connectivity index is 1.76. The number of amides is 4. The van der Waals surface area contributed by atoms with E-state index in [2.05, 4.69) is 20.1 Å². The SMILES string of the molecule is CCCNC(=O)N1CCn2c(nnc2C2CCCCN2C(=O)N(C)C)C1. The molecule has 3 rings (SSSR count). The first-order valence-corrected chi connectivity index (χ1v) is 9.45. The van der Waals surface area contributed by atoms with Crippen molar-refractivity contribution in [1.29, 1.82) is 0 Å². The van der Waals surface area contributed by atoms with Crippen LogP contribution >= 0.6 is 0 Å². The van der Waals surface area contributed by atoms with Crippen LogP contribution in [0.2, 0.25) is 0 Å². The van der Waals surface area contributed by atoms with E-state index in [0.29, 0.717) is 26.2 Å². The van der Waals surface area contributed by atoms with Crippen molar-refractivity contribution in [3.05, 3.63) is 11.6 Å². The summed E-state index contributed by atoms with van der Waals surface area (Å²) in [5, 5.41) is 11.6. The molecule has 1 aromatic rings. The number of likely N-dealkylation sites (tertiary alicyclic amines) is 1. The Morgan fingerprint density at radius 1 is 1.19 bits per heavy atom. The van der Waals surface area contributed by atoms with Crippen LogP contribution < -0.4 is 5.32 Å². The number of aromatic nitrogens is 3. The fourth-order valence-corrected chi connectivity index (χ4v) is 3.63. The molecule has 0 saturated carbocycles. The third-order valence-corrected chi connectivity index (χ3v) is 5.02. The predicted octanol–water partition coefficient (Wildman–Crippen LogP) is 1.42. The molecule has 3 heterocycles. The monoisotopic (exact) mass is 363 g/mol. The highest BCUT2D eigenvalue weighted by Gasteiger charge is 2.34. The second-order valence-corrected chi connectivity index (χ2v) is 7.16. The zero-order valence-corrected chi connectivity index (χ0v) is 15.9. The molecule has 9 nitrogen and oxygen atoms in total. The van der Waals surface area contributed by atoms with E-state index in [-0.39, 0.29) is 18.1 Å². The summed E-state index contributed by atoms with van der Waals surface area (Å²) in [6, 6.07) is -0.0754. The highest BCUT2D eigenvalue weighted by Crippen LogP contribution is 2.31. The van der Waals surface area contributed by atoms with Crippen LogP contribution in [0.4, 0.5) is 9.59 Å². The summed E-state index contributed by atoms with van der Waals surface area (Å²) >= 11 is 0. The van der Waals surface area contributed by atoms with Gasteiger partial charge >= 0.3 is 12.1 Å². The van der Waals surface area contributed by atoms with Gasteiger partial charge in [0.2, 0.25) is 0 Å². The molecule has 0 radical (unpaired) electrons. The summed E-state index contributed by atoms with van der Waals surface area (Å²) in [4.78, 5) is 30.0. The molecular weight excluding hydrogens is 334 g/mol. The number of nitrogens with zero attached hydrogens (tertiary/aromatic N) is 6. The topological polar surface area (TPSA) is 86.6 Å². The number of hydrogen-bond acceptors (Lipinski definition) is 4. The molecule has 0 bridgehead atoms. The van der Waals surface area contributed by atoms with Crippen molar-refractivity contribution in [2.75, 3.05) is 33.7 Å². The first-order valence-electron chi connectivity index (χ1n) is 9.45. The second kappa shape index (κ2) is 7.92. The van der Waals surface area contributed by atoms with Gasteiger partial charge in [-0.15, -0.1) is 10.2 Å². The number of carbonyl (C=O) groups excluding carboxylic acids is 2. The number of fused-ring (bicyclic) bond motifs is 1. The number of hydrogen-bond donors (Lipinski definition) is 1. The van der Waals surface area contributed by atoms with Crippen LogP contribution in [0.25, 0.3) is 0 Å². The molecule has 2 aliphatic rings. The lowest BCUT2D eigenvalue weighted by molar-refractivity contribution is 0.122. The van der Waals surface area contributed by atoms with Gasteiger partial charge in [0, 0.05) is 40.3 Å². The summed E-state index contributed by atoms with van der Waals surface area (Å²) in [6.07, 6.45) is 3.91. The average Bonchev–Trinajstić information content (AvgIpc) is 3.08. The standard InChI is InChI=1S/C17H29N7O2/c1-4-8-18-16(25)22-10-11-24-14(12-22)19-20-15(24)13-7-5-6-9-23(13)17(26)21(2)3/h13H,4-12H2,1-3H3,(H,18,25). The van der Waals surface area contributed by atoms with Crippen LogP contribution in [0.3, 0.4) is 0 Å². The normalized spacial score (nSPS) is 19.9. The van der Waals surface area contributed by atoms with Crippen LogP contribution in [0, 0.1) is 0 Å². The van der Waals surface area contributed by atoms with Crippen LogP contribution in [-0.2, 0) is 13.1 Å². The van der Waals surface area contributed by atoms with E-state index in [1.165, 1.54) is 0 Å². The lowest BCUT2D eigenvalue weighted by Crippen LogP contribution is -2.46. The van der Waals surface area contributed by atoms with Gasteiger partial charge in [-0.3, -0.25) is 0 Å². The Morgan fingerprint density at radius 3 is 2.73 bits per heavy atom. The second-order valence-electron chi connectivity index (χ2n) is 7.16. The molecule has 2 aliphatic heterocycles. The first-order chi connectivity index (χ1) is 12.5. The third kappa shape index (κ3) is 3.61. The molecule has 1 atom stereocenters. The van der Waals surface area contributed by atoms with E-state index in [0.717, 1.165) is 43.9 Å². The molecule has 1 aromatic heterocycles. The quantitative estimate of drug-likeness (QED) is 0.880. The molecule has 0 aromatic carbocycles. The van der Waals surface area contributed by atoms with E-state index in [1.807, 2.05) is 11.8 Å². The zero-order chi connectivity index (χ0) is 18.7. The molecule has 1 fully saturated rings. The Hall–Kier alpha value is -2.32. The number of rotatable bonds is 3. The molecule has 1 saturated heterocycles. The van der Waals surface area contributed by atoms with Crippen molar-refractivity contribution in [3.63, 3.8) is 0 Å². The van der Waals surface area contributed by atoms with E-state index < -0.39 is 0 Å². The fourth-order valence-electron chi connectivity index (χ4n) is 3.63. The molecule has 1 unspecified atom stereocenters. The van der Waals surface area contributed by atoms with Crippen molar-refractivity contribution in [3.8, 4) is 0 Å². The lowest BCUT2D eigenvalue weighted by Gasteiger charge is -2.37. The summed E-state index contributed by atoms with van der Waals surface area (Å²) in [6.45, 7) is 5.20. The van der Waals surface area contributed by atoms with Crippen LogP contribution in [0.15, 0.2) is 0 Å². The average molecular weight is 363 g/mol. The molecular formula is C17H29N7O2. The minimum absolute atomic E-state index is 0.0171. The maximum atomic E-state index is 12.5. The van der Waals surface area contributed by atoms with Gasteiger partial charge in [-0.05, 0) is 25.7 Å².